The predicted molar refractivity (Wildman–Crippen MR) is 91.8 cm³/mol. The number of carbonyl (C=O) groups is 1. The van der Waals surface area contributed by atoms with Crippen molar-refractivity contribution in [1.29, 1.82) is 0 Å². The number of nitrogens with two attached hydrogens (primary N) is 1. The van der Waals surface area contributed by atoms with Crippen LogP contribution >= 0.6 is 0 Å². The Morgan fingerprint density at radius 1 is 1.52 bits per heavy atom. The molecule has 0 aliphatic carbocycles. The number of hydrogen-bond acceptors (Lipinski definition) is 5. The van der Waals surface area contributed by atoms with Crippen molar-refractivity contribution >= 4 is 11.5 Å². The van der Waals surface area contributed by atoms with E-state index in [2.05, 4.69) is 10.3 Å². The Labute approximate surface area is 146 Å². The molecule has 0 radical (unpaired) electrons. The maximum absolute atomic E-state index is 13.8. The van der Waals surface area contributed by atoms with Crippen molar-refractivity contribution in [2.24, 2.45) is 16.1 Å². The topological polar surface area (TPSA) is 76.7 Å². The molecule has 0 aromatic carbocycles. The summed E-state index contributed by atoms with van der Waals surface area (Å²) in [6.07, 6.45) is 1.06. The van der Waals surface area contributed by atoms with Crippen LogP contribution in [-0.4, -0.2) is 56.6 Å². The molecule has 0 spiro atoms. The van der Waals surface area contributed by atoms with Crippen molar-refractivity contribution < 1.29 is 22.7 Å². The molecule has 5 nitrogen and oxygen atoms in total. The van der Waals surface area contributed by atoms with Crippen LogP contribution in [0.15, 0.2) is 16.6 Å². The van der Waals surface area contributed by atoms with Gasteiger partial charge in [-0.05, 0) is 25.8 Å². The van der Waals surface area contributed by atoms with Crippen LogP contribution in [0.1, 0.15) is 33.6 Å². The fourth-order valence-corrected chi connectivity index (χ4v) is 2.34. The first-order valence-electron chi connectivity index (χ1n) is 8.39. The fourth-order valence-electron chi connectivity index (χ4n) is 2.34. The number of nitrogens with one attached hydrogen (secondary N) is 1. The van der Waals surface area contributed by atoms with E-state index in [4.69, 9.17) is 10.5 Å². The van der Waals surface area contributed by atoms with E-state index in [1.807, 2.05) is 13.8 Å². The minimum atomic E-state index is -3.52. The second-order valence-electron chi connectivity index (χ2n) is 6.84. The zero-order valence-corrected chi connectivity index (χ0v) is 15.1. The Balaban J connectivity index is 2.88. The monoisotopic (exact) mass is 363 g/mol. The van der Waals surface area contributed by atoms with Gasteiger partial charge in [0.2, 0.25) is 0 Å². The van der Waals surface area contributed by atoms with Gasteiger partial charge in [0, 0.05) is 24.1 Å². The molecule has 1 heterocycles. The zero-order chi connectivity index (χ0) is 19.1. The molecule has 25 heavy (non-hydrogen) atoms. The summed E-state index contributed by atoms with van der Waals surface area (Å²) in [7, 11) is 0. The number of rotatable bonds is 9. The Morgan fingerprint density at radius 2 is 2.20 bits per heavy atom. The maximum atomic E-state index is 13.8. The normalized spacial score (nSPS) is 21.2. The highest BCUT2D eigenvalue weighted by Crippen LogP contribution is 2.35. The summed E-state index contributed by atoms with van der Waals surface area (Å²) >= 11 is 0. The molecule has 0 aromatic heterocycles. The van der Waals surface area contributed by atoms with Gasteiger partial charge in [-0.2, -0.15) is 8.78 Å². The number of alkyl halides is 3. The molecule has 0 saturated heterocycles. The molecular weight excluding hydrogens is 335 g/mol. The lowest BCUT2D eigenvalue weighted by Gasteiger charge is -2.32. The van der Waals surface area contributed by atoms with E-state index in [-0.39, 0.29) is 43.2 Å². The molecule has 1 atom stereocenters. The summed E-state index contributed by atoms with van der Waals surface area (Å²) in [6.45, 7) is 4.26. The number of ketones is 1. The number of allylic oxidation sites excluding steroid dienone is 1. The van der Waals surface area contributed by atoms with Crippen molar-refractivity contribution in [3.63, 3.8) is 0 Å². The number of ether oxygens (including phenoxy) is 1. The lowest BCUT2D eigenvalue weighted by Crippen LogP contribution is -2.40. The largest absolute Gasteiger partial charge is 0.374 e. The number of carbonyl (C=O) groups excluding carboxylic acids is 1. The van der Waals surface area contributed by atoms with Crippen LogP contribution in [0.5, 0.6) is 0 Å². The van der Waals surface area contributed by atoms with Crippen LogP contribution in [0.2, 0.25) is 0 Å². The summed E-state index contributed by atoms with van der Waals surface area (Å²) in [5.74, 6) is -3.68. The van der Waals surface area contributed by atoms with Crippen molar-refractivity contribution in [2.45, 2.75) is 45.7 Å². The number of halogens is 3. The summed E-state index contributed by atoms with van der Waals surface area (Å²) in [4.78, 5) is 15.9. The molecule has 0 bridgehead atoms. The zero-order valence-electron chi connectivity index (χ0n) is 15.1. The predicted octanol–water partition coefficient (Wildman–Crippen LogP) is 2.26. The standard InChI is InChI=1S/C17H28F3N3O2/c1-4-25-10-14(24)9-22-8-13-7-12(17(19,20)11-18)5-6-16(2,3)15(21)23-13/h7,15,22H,4-6,8-11,21H2,1-3H3. The first-order valence-corrected chi connectivity index (χ1v) is 8.39. The molecular formula is C17H28F3N3O2. The first-order chi connectivity index (χ1) is 11.6. The second kappa shape index (κ2) is 9.45. The van der Waals surface area contributed by atoms with Gasteiger partial charge in [-0.1, -0.05) is 13.8 Å². The highest BCUT2D eigenvalue weighted by molar-refractivity contribution is 5.98. The van der Waals surface area contributed by atoms with Crippen LogP contribution in [0, 0.1) is 5.41 Å². The molecule has 1 aliphatic rings. The summed E-state index contributed by atoms with van der Waals surface area (Å²) in [6, 6.07) is 0. The van der Waals surface area contributed by atoms with E-state index >= 15 is 0 Å². The third kappa shape index (κ3) is 6.87. The van der Waals surface area contributed by atoms with Gasteiger partial charge in [-0.15, -0.1) is 0 Å². The van der Waals surface area contributed by atoms with Crippen LogP contribution in [-0.2, 0) is 9.53 Å². The summed E-state index contributed by atoms with van der Waals surface area (Å²) in [5, 5.41) is 2.85. The van der Waals surface area contributed by atoms with Gasteiger partial charge in [-0.3, -0.25) is 9.79 Å². The van der Waals surface area contributed by atoms with Crippen LogP contribution < -0.4 is 11.1 Å². The second-order valence-corrected chi connectivity index (χ2v) is 6.84. The van der Waals surface area contributed by atoms with E-state index in [9.17, 15) is 18.0 Å². The number of hydrogen-bond donors (Lipinski definition) is 2. The first kappa shape index (κ1) is 21.8. The van der Waals surface area contributed by atoms with E-state index in [1.54, 1.807) is 6.92 Å². The molecule has 0 saturated carbocycles. The quantitative estimate of drug-likeness (QED) is 0.659. The molecule has 8 heteroatoms. The Kier molecular flexibility index (Phi) is 8.24. The highest BCUT2D eigenvalue weighted by Gasteiger charge is 2.37. The highest BCUT2D eigenvalue weighted by atomic mass is 19.3. The Bertz CT molecular complexity index is 519. The van der Waals surface area contributed by atoms with Crippen molar-refractivity contribution in [3.05, 3.63) is 11.6 Å². The van der Waals surface area contributed by atoms with Crippen LogP contribution in [0.3, 0.4) is 0 Å². The molecule has 1 aliphatic heterocycles. The average molecular weight is 363 g/mol. The number of aliphatic imine (C=N–C) groups is 1. The summed E-state index contributed by atoms with van der Waals surface area (Å²) in [5.41, 5.74) is 5.56. The molecule has 0 aromatic rings. The maximum Gasteiger partial charge on any atom is 0.297 e. The SMILES string of the molecule is CCOCC(=O)CNCC1=NC(N)C(C)(C)CCC(C(F)(F)CF)=C1. The third-order valence-electron chi connectivity index (χ3n) is 4.22. The third-order valence-corrected chi connectivity index (χ3v) is 4.22. The van der Waals surface area contributed by atoms with Crippen molar-refractivity contribution in [1.82, 2.24) is 5.32 Å². The van der Waals surface area contributed by atoms with Gasteiger partial charge in [0.1, 0.15) is 12.8 Å². The van der Waals surface area contributed by atoms with Crippen LogP contribution in [0.25, 0.3) is 0 Å². The molecule has 1 unspecified atom stereocenters. The lowest BCUT2D eigenvalue weighted by molar-refractivity contribution is -0.122. The van der Waals surface area contributed by atoms with E-state index in [1.165, 1.54) is 6.08 Å². The molecule has 0 fully saturated rings. The van der Waals surface area contributed by atoms with Crippen molar-refractivity contribution in [3.8, 4) is 0 Å². The summed E-state index contributed by atoms with van der Waals surface area (Å²) < 4.78 is 45.4. The molecule has 0 amide bonds. The van der Waals surface area contributed by atoms with Gasteiger partial charge in [0.15, 0.2) is 12.5 Å². The van der Waals surface area contributed by atoms with Gasteiger partial charge in [0.05, 0.1) is 12.3 Å². The minimum absolute atomic E-state index is 0.0104. The average Bonchev–Trinajstić information content (AvgIpc) is 2.54. The van der Waals surface area contributed by atoms with E-state index in [0.29, 0.717) is 13.0 Å². The number of nitrogens with zero attached hydrogens (tertiary/aromatic N) is 1. The van der Waals surface area contributed by atoms with E-state index in [0.717, 1.165) is 0 Å². The van der Waals surface area contributed by atoms with Crippen LogP contribution in [0.4, 0.5) is 13.2 Å². The number of Topliss-reactive ketones (excluding diaryl/α,β-unsaturated/α-hetero) is 1. The van der Waals surface area contributed by atoms with Gasteiger partial charge in [0.25, 0.3) is 5.92 Å². The lowest BCUT2D eigenvalue weighted by atomic mass is 9.81. The van der Waals surface area contributed by atoms with Gasteiger partial charge in [-0.25, -0.2) is 4.39 Å². The Morgan fingerprint density at radius 3 is 2.80 bits per heavy atom. The van der Waals surface area contributed by atoms with Gasteiger partial charge < -0.3 is 15.8 Å². The van der Waals surface area contributed by atoms with E-state index < -0.39 is 24.2 Å². The molecule has 144 valence electrons. The smallest absolute Gasteiger partial charge is 0.297 e. The fraction of sp³-hybridized carbons (Fsp3) is 0.765. The molecule has 3 N–H and O–H groups in total. The van der Waals surface area contributed by atoms with Crippen molar-refractivity contribution in [2.75, 3.05) is 33.0 Å². The minimum Gasteiger partial charge on any atom is -0.374 e. The molecule has 1 rings (SSSR count). The van der Waals surface area contributed by atoms with Gasteiger partial charge >= 0.3 is 0 Å². The Hall–Kier alpha value is -1.25.